The number of ether oxygens (including phenoxy) is 2. The highest BCUT2D eigenvalue weighted by molar-refractivity contribution is 5.91. The van der Waals surface area contributed by atoms with Gasteiger partial charge in [0.15, 0.2) is 5.89 Å². The topological polar surface area (TPSA) is 68.0 Å². The average Bonchev–Trinajstić information content (AvgIpc) is 3.29. The van der Waals surface area contributed by atoms with Crippen molar-refractivity contribution in [3.05, 3.63) is 17.8 Å². The lowest BCUT2D eigenvalue weighted by Gasteiger charge is -2.32. The van der Waals surface area contributed by atoms with Crippen molar-refractivity contribution in [2.24, 2.45) is 0 Å². The van der Waals surface area contributed by atoms with Gasteiger partial charge in [-0.05, 0) is 52.6 Å². The Bertz CT molecular complexity index is 645. The summed E-state index contributed by atoms with van der Waals surface area (Å²) in [4.78, 5) is 21.2. The highest BCUT2D eigenvalue weighted by atomic mass is 16.5. The van der Waals surface area contributed by atoms with E-state index in [1.54, 1.807) is 11.1 Å². The van der Waals surface area contributed by atoms with Crippen LogP contribution in [0.2, 0.25) is 0 Å². The number of amides is 1. The Morgan fingerprint density at radius 1 is 1.19 bits per heavy atom. The van der Waals surface area contributed by atoms with E-state index in [1.165, 1.54) is 0 Å². The number of aromatic nitrogens is 1. The number of carbonyl (C=O) groups excluding carboxylic acids is 1. The summed E-state index contributed by atoms with van der Waals surface area (Å²) in [5.74, 6) is 1.30. The van der Waals surface area contributed by atoms with Gasteiger partial charge in [0.1, 0.15) is 0 Å². The van der Waals surface area contributed by atoms with Gasteiger partial charge in [-0.15, -0.1) is 0 Å². The zero-order chi connectivity index (χ0) is 18.9. The van der Waals surface area contributed by atoms with Gasteiger partial charge in [0.25, 0.3) is 5.91 Å². The normalized spacial score (nSPS) is 27.2. The first-order valence-corrected chi connectivity index (χ1v) is 10.2. The monoisotopic (exact) mass is 377 g/mol. The van der Waals surface area contributed by atoms with Gasteiger partial charge in [0.2, 0.25) is 5.76 Å². The van der Waals surface area contributed by atoms with E-state index < -0.39 is 0 Å². The molecule has 0 bridgehead atoms. The van der Waals surface area contributed by atoms with Gasteiger partial charge in [0.05, 0.1) is 31.1 Å². The molecule has 1 aromatic heterocycles. The van der Waals surface area contributed by atoms with Crippen LogP contribution in [0.1, 0.15) is 61.9 Å². The lowest BCUT2D eigenvalue weighted by molar-refractivity contribution is -0.0312. The molecule has 0 saturated carbocycles. The van der Waals surface area contributed by atoms with E-state index >= 15 is 0 Å². The number of likely N-dealkylation sites (tertiary alicyclic amines) is 1. The van der Waals surface area contributed by atoms with Crippen molar-refractivity contribution in [1.29, 1.82) is 0 Å². The van der Waals surface area contributed by atoms with Crippen LogP contribution in [0.5, 0.6) is 0 Å². The second-order valence-corrected chi connectivity index (χ2v) is 8.58. The van der Waals surface area contributed by atoms with E-state index in [4.69, 9.17) is 13.9 Å². The number of carbonyl (C=O) groups is 1. The fraction of sp³-hybridized carbons (Fsp3) is 0.800. The van der Waals surface area contributed by atoms with Gasteiger partial charge in [0, 0.05) is 25.6 Å². The molecule has 3 aliphatic heterocycles. The first-order valence-electron chi connectivity index (χ1n) is 10.2. The van der Waals surface area contributed by atoms with Crippen molar-refractivity contribution >= 4 is 5.91 Å². The zero-order valence-corrected chi connectivity index (χ0v) is 16.5. The second-order valence-electron chi connectivity index (χ2n) is 8.58. The summed E-state index contributed by atoms with van der Waals surface area (Å²) in [5.41, 5.74) is 0.0322. The van der Waals surface area contributed by atoms with E-state index in [9.17, 15) is 4.79 Å². The Balaban J connectivity index is 1.27. The van der Waals surface area contributed by atoms with Crippen LogP contribution in [0.3, 0.4) is 0 Å². The third-order valence-corrected chi connectivity index (χ3v) is 5.99. The van der Waals surface area contributed by atoms with Crippen LogP contribution in [-0.4, -0.2) is 78.3 Å². The van der Waals surface area contributed by atoms with Crippen molar-refractivity contribution < 1.29 is 18.7 Å². The van der Waals surface area contributed by atoms with E-state index in [1.807, 2.05) is 0 Å². The molecule has 0 spiro atoms. The predicted molar refractivity (Wildman–Crippen MR) is 99.8 cm³/mol. The number of oxazole rings is 1. The van der Waals surface area contributed by atoms with Gasteiger partial charge in [-0.3, -0.25) is 4.79 Å². The molecule has 150 valence electrons. The van der Waals surface area contributed by atoms with Crippen molar-refractivity contribution in [3.63, 3.8) is 0 Å². The smallest absolute Gasteiger partial charge is 0.291 e. The minimum atomic E-state index is -0.0736. The molecule has 4 rings (SSSR count). The summed E-state index contributed by atoms with van der Waals surface area (Å²) in [6.45, 7) is 9.85. The molecule has 4 heterocycles. The molecular weight excluding hydrogens is 346 g/mol. The van der Waals surface area contributed by atoms with Crippen LogP contribution in [0.15, 0.2) is 10.6 Å². The maximum absolute atomic E-state index is 12.5. The SMILES string of the molecule is CC1(C)CCC(CN2CCC(c3ncc(C(=O)N4CCOCC4)o3)CC2)O1. The molecule has 7 nitrogen and oxygen atoms in total. The van der Waals surface area contributed by atoms with Crippen LogP contribution in [0.4, 0.5) is 0 Å². The molecule has 3 saturated heterocycles. The lowest BCUT2D eigenvalue weighted by atomic mass is 9.96. The van der Waals surface area contributed by atoms with Gasteiger partial charge in [-0.25, -0.2) is 4.98 Å². The summed E-state index contributed by atoms with van der Waals surface area (Å²) in [7, 11) is 0. The van der Waals surface area contributed by atoms with E-state index in [2.05, 4.69) is 23.7 Å². The average molecular weight is 377 g/mol. The van der Waals surface area contributed by atoms with Gasteiger partial charge in [-0.2, -0.15) is 0 Å². The van der Waals surface area contributed by atoms with E-state index in [0.717, 1.165) is 45.3 Å². The summed E-state index contributed by atoms with van der Waals surface area (Å²) in [6, 6.07) is 0. The fourth-order valence-corrected chi connectivity index (χ4v) is 4.35. The Morgan fingerprint density at radius 3 is 2.59 bits per heavy atom. The lowest BCUT2D eigenvalue weighted by Crippen LogP contribution is -2.40. The van der Waals surface area contributed by atoms with Crippen molar-refractivity contribution in [3.8, 4) is 0 Å². The van der Waals surface area contributed by atoms with Crippen molar-refractivity contribution in [2.75, 3.05) is 45.9 Å². The molecule has 1 atom stereocenters. The second kappa shape index (κ2) is 7.89. The fourth-order valence-electron chi connectivity index (χ4n) is 4.35. The minimum absolute atomic E-state index is 0.0322. The number of rotatable bonds is 4. The van der Waals surface area contributed by atoms with Crippen molar-refractivity contribution in [1.82, 2.24) is 14.8 Å². The molecule has 1 aromatic rings. The maximum atomic E-state index is 12.5. The number of hydrogen-bond donors (Lipinski definition) is 0. The third kappa shape index (κ3) is 4.52. The van der Waals surface area contributed by atoms with Crippen LogP contribution in [0.25, 0.3) is 0 Å². The minimum Gasteiger partial charge on any atom is -0.435 e. The largest absolute Gasteiger partial charge is 0.435 e. The molecule has 0 aliphatic carbocycles. The molecule has 0 N–H and O–H groups in total. The number of morpholine rings is 1. The molecule has 1 unspecified atom stereocenters. The first kappa shape index (κ1) is 18.9. The number of piperidine rings is 1. The Hall–Kier alpha value is -1.44. The van der Waals surface area contributed by atoms with Crippen LogP contribution in [0, 0.1) is 0 Å². The first-order chi connectivity index (χ1) is 13.0. The highest BCUT2D eigenvalue weighted by Crippen LogP contribution is 2.32. The third-order valence-electron chi connectivity index (χ3n) is 5.99. The Labute approximate surface area is 161 Å². The summed E-state index contributed by atoms with van der Waals surface area (Å²) in [6.07, 6.45) is 6.28. The highest BCUT2D eigenvalue weighted by Gasteiger charge is 2.34. The molecule has 0 aromatic carbocycles. The summed E-state index contributed by atoms with van der Waals surface area (Å²) < 4.78 is 17.3. The number of hydrogen-bond acceptors (Lipinski definition) is 6. The van der Waals surface area contributed by atoms with E-state index in [0.29, 0.717) is 50.0 Å². The standard InChI is InChI=1S/C20H31N3O4/c1-20(2)6-3-16(27-20)14-22-7-4-15(5-8-22)18-21-13-17(26-18)19(24)23-9-11-25-12-10-23/h13,15-16H,3-12,14H2,1-2H3. The Morgan fingerprint density at radius 2 is 1.93 bits per heavy atom. The summed E-state index contributed by atoms with van der Waals surface area (Å²) >= 11 is 0. The van der Waals surface area contributed by atoms with Gasteiger partial charge >= 0.3 is 0 Å². The van der Waals surface area contributed by atoms with Crippen LogP contribution < -0.4 is 0 Å². The molecule has 0 radical (unpaired) electrons. The maximum Gasteiger partial charge on any atom is 0.291 e. The van der Waals surface area contributed by atoms with Crippen LogP contribution in [-0.2, 0) is 9.47 Å². The molecule has 1 amide bonds. The quantitative estimate of drug-likeness (QED) is 0.802. The van der Waals surface area contributed by atoms with Crippen LogP contribution >= 0.6 is 0 Å². The molecule has 27 heavy (non-hydrogen) atoms. The molecular formula is C20H31N3O4. The zero-order valence-electron chi connectivity index (χ0n) is 16.5. The van der Waals surface area contributed by atoms with Gasteiger partial charge in [-0.1, -0.05) is 0 Å². The summed E-state index contributed by atoms with van der Waals surface area (Å²) in [5, 5.41) is 0. The van der Waals surface area contributed by atoms with E-state index in [-0.39, 0.29) is 11.5 Å². The Kier molecular flexibility index (Phi) is 5.53. The molecule has 7 heteroatoms. The molecule has 3 aliphatic rings. The molecule has 3 fully saturated rings. The number of nitrogens with zero attached hydrogens (tertiary/aromatic N) is 3. The predicted octanol–water partition coefficient (Wildman–Crippen LogP) is 2.28. The van der Waals surface area contributed by atoms with Crippen molar-refractivity contribution in [2.45, 2.75) is 57.2 Å². The van der Waals surface area contributed by atoms with Gasteiger partial charge < -0.3 is 23.7 Å².